The van der Waals surface area contributed by atoms with Crippen molar-refractivity contribution in [3.8, 4) is 22.8 Å². The van der Waals surface area contributed by atoms with Crippen molar-refractivity contribution in [2.75, 3.05) is 32.6 Å². The lowest BCUT2D eigenvalue weighted by atomic mass is 10.1. The Bertz CT molecular complexity index is 617. The first kappa shape index (κ1) is 15.1. The monoisotopic (exact) mass is 288 g/mol. The molecule has 0 amide bonds. The summed E-state index contributed by atoms with van der Waals surface area (Å²) < 4.78 is 10.6. The predicted octanol–water partition coefficient (Wildman–Crippen LogP) is 1.84. The third-order valence-electron chi connectivity index (χ3n) is 2.97. The molecule has 0 radical (unpaired) electrons. The smallest absolute Gasteiger partial charge is 0.223 e. The van der Waals surface area contributed by atoms with Crippen molar-refractivity contribution in [2.24, 2.45) is 5.73 Å². The van der Waals surface area contributed by atoms with Crippen molar-refractivity contribution in [2.45, 2.75) is 6.92 Å². The van der Waals surface area contributed by atoms with Gasteiger partial charge in [0.15, 0.2) is 0 Å². The zero-order valence-electron chi connectivity index (χ0n) is 12.5. The highest BCUT2D eigenvalue weighted by molar-refractivity contribution is 5.69. The number of methoxy groups -OCH3 is 2. The minimum Gasteiger partial charge on any atom is -0.497 e. The molecule has 0 spiro atoms. The molecule has 21 heavy (non-hydrogen) atoms. The van der Waals surface area contributed by atoms with Crippen molar-refractivity contribution in [3.63, 3.8) is 0 Å². The lowest BCUT2D eigenvalue weighted by Crippen LogP contribution is -2.15. The van der Waals surface area contributed by atoms with Crippen LogP contribution in [0.1, 0.15) is 5.69 Å². The lowest BCUT2D eigenvalue weighted by Gasteiger charge is -2.12. The summed E-state index contributed by atoms with van der Waals surface area (Å²) in [4.78, 5) is 8.85. The normalized spacial score (nSPS) is 10.3. The highest BCUT2D eigenvalue weighted by Crippen LogP contribution is 2.32. The topological polar surface area (TPSA) is 82.3 Å². The Hall–Kier alpha value is -2.34. The van der Waals surface area contributed by atoms with Crippen LogP contribution in [0.5, 0.6) is 11.5 Å². The maximum absolute atomic E-state index is 5.49. The van der Waals surface area contributed by atoms with Crippen LogP contribution < -0.4 is 20.5 Å². The summed E-state index contributed by atoms with van der Waals surface area (Å²) in [5.74, 6) is 2.01. The fraction of sp³-hybridized carbons (Fsp3) is 0.333. The molecule has 112 valence electrons. The van der Waals surface area contributed by atoms with Gasteiger partial charge < -0.3 is 20.5 Å². The number of aromatic nitrogens is 2. The van der Waals surface area contributed by atoms with Crippen LogP contribution in [0.3, 0.4) is 0 Å². The second kappa shape index (κ2) is 6.90. The molecule has 1 heterocycles. The summed E-state index contributed by atoms with van der Waals surface area (Å²) in [6.07, 6.45) is 0. The van der Waals surface area contributed by atoms with E-state index in [1.807, 2.05) is 31.2 Å². The van der Waals surface area contributed by atoms with Gasteiger partial charge in [0.25, 0.3) is 0 Å². The molecule has 0 aliphatic carbocycles. The maximum Gasteiger partial charge on any atom is 0.223 e. The lowest BCUT2D eigenvalue weighted by molar-refractivity contribution is 0.395. The predicted molar refractivity (Wildman–Crippen MR) is 82.9 cm³/mol. The Morgan fingerprint density at radius 2 is 1.95 bits per heavy atom. The number of rotatable bonds is 6. The Morgan fingerprint density at radius 3 is 2.62 bits per heavy atom. The van der Waals surface area contributed by atoms with Crippen LogP contribution in [0.4, 0.5) is 5.95 Å². The number of ether oxygens (including phenoxy) is 2. The van der Waals surface area contributed by atoms with Crippen LogP contribution in [-0.4, -0.2) is 37.3 Å². The molecule has 0 bridgehead atoms. The molecule has 6 nitrogen and oxygen atoms in total. The maximum atomic E-state index is 5.49. The molecule has 2 aromatic rings. The van der Waals surface area contributed by atoms with Crippen LogP contribution in [0.15, 0.2) is 24.3 Å². The molecule has 0 saturated heterocycles. The first-order chi connectivity index (χ1) is 10.2. The molecule has 1 aromatic heterocycles. The van der Waals surface area contributed by atoms with E-state index in [4.69, 9.17) is 15.2 Å². The molecule has 2 rings (SSSR count). The Morgan fingerprint density at radius 1 is 1.14 bits per heavy atom. The van der Waals surface area contributed by atoms with Gasteiger partial charge in [-0.15, -0.1) is 0 Å². The second-order valence-electron chi connectivity index (χ2n) is 4.50. The number of nitrogens with two attached hydrogens (primary N) is 1. The Kier molecular flexibility index (Phi) is 4.94. The summed E-state index contributed by atoms with van der Waals surface area (Å²) in [6.45, 7) is 3.08. The highest BCUT2D eigenvalue weighted by Gasteiger charge is 2.11. The number of anilines is 1. The molecule has 0 aliphatic rings. The number of nitrogens with zero attached hydrogens (tertiary/aromatic N) is 2. The average Bonchev–Trinajstić information content (AvgIpc) is 2.51. The van der Waals surface area contributed by atoms with Crippen molar-refractivity contribution < 1.29 is 9.47 Å². The third kappa shape index (κ3) is 3.61. The van der Waals surface area contributed by atoms with Crippen LogP contribution in [0.2, 0.25) is 0 Å². The molecule has 0 saturated carbocycles. The van der Waals surface area contributed by atoms with Gasteiger partial charge in [-0.1, -0.05) is 0 Å². The summed E-state index contributed by atoms with van der Waals surface area (Å²) in [5.41, 5.74) is 8.04. The quantitative estimate of drug-likeness (QED) is 0.844. The molecule has 6 heteroatoms. The standard InChI is InChI=1S/C15H20N4O2/c1-10-8-13(19-15(18-10)17-7-6-16)12-5-4-11(20-2)9-14(12)21-3/h4-5,8-9H,6-7,16H2,1-3H3,(H,17,18,19). The molecule has 0 unspecified atom stereocenters. The van der Waals surface area contributed by atoms with Crippen molar-refractivity contribution >= 4 is 5.95 Å². The van der Waals surface area contributed by atoms with Gasteiger partial charge in [0.05, 0.1) is 19.9 Å². The molecular formula is C15H20N4O2. The minimum atomic E-state index is 0.526. The second-order valence-corrected chi connectivity index (χ2v) is 4.50. The first-order valence-corrected chi connectivity index (χ1v) is 6.70. The van der Waals surface area contributed by atoms with E-state index in [1.54, 1.807) is 14.2 Å². The van der Waals surface area contributed by atoms with Gasteiger partial charge in [0, 0.05) is 30.4 Å². The fourth-order valence-corrected chi connectivity index (χ4v) is 1.98. The first-order valence-electron chi connectivity index (χ1n) is 6.70. The number of hydrogen-bond acceptors (Lipinski definition) is 6. The Labute approximate surface area is 124 Å². The number of aryl methyl sites for hydroxylation is 1. The van der Waals surface area contributed by atoms with Gasteiger partial charge in [-0.25, -0.2) is 9.97 Å². The van der Waals surface area contributed by atoms with E-state index < -0.39 is 0 Å². The van der Waals surface area contributed by atoms with Crippen molar-refractivity contribution in [1.29, 1.82) is 0 Å². The number of benzene rings is 1. The van der Waals surface area contributed by atoms with E-state index in [1.165, 1.54) is 0 Å². The summed E-state index contributed by atoms with van der Waals surface area (Å²) >= 11 is 0. The van der Waals surface area contributed by atoms with Crippen LogP contribution >= 0.6 is 0 Å². The van der Waals surface area contributed by atoms with E-state index in [-0.39, 0.29) is 0 Å². The summed E-state index contributed by atoms with van der Waals surface area (Å²) in [5, 5.41) is 3.09. The van der Waals surface area contributed by atoms with Crippen LogP contribution in [0, 0.1) is 6.92 Å². The van der Waals surface area contributed by atoms with Crippen molar-refractivity contribution in [1.82, 2.24) is 9.97 Å². The number of nitrogens with one attached hydrogen (secondary N) is 1. The van der Waals surface area contributed by atoms with Crippen LogP contribution in [-0.2, 0) is 0 Å². The van der Waals surface area contributed by atoms with Gasteiger partial charge >= 0.3 is 0 Å². The molecular weight excluding hydrogens is 268 g/mol. The third-order valence-corrected chi connectivity index (χ3v) is 2.97. The fourth-order valence-electron chi connectivity index (χ4n) is 1.98. The van der Waals surface area contributed by atoms with E-state index in [0.29, 0.717) is 24.8 Å². The molecule has 1 aromatic carbocycles. The highest BCUT2D eigenvalue weighted by atomic mass is 16.5. The largest absolute Gasteiger partial charge is 0.497 e. The number of hydrogen-bond donors (Lipinski definition) is 2. The van der Waals surface area contributed by atoms with Gasteiger partial charge in [-0.3, -0.25) is 0 Å². The zero-order chi connectivity index (χ0) is 15.2. The molecule has 0 fully saturated rings. The average molecular weight is 288 g/mol. The minimum absolute atomic E-state index is 0.526. The Balaban J connectivity index is 2.43. The van der Waals surface area contributed by atoms with Crippen molar-refractivity contribution in [3.05, 3.63) is 30.0 Å². The van der Waals surface area contributed by atoms with E-state index in [9.17, 15) is 0 Å². The van der Waals surface area contributed by atoms with E-state index >= 15 is 0 Å². The summed E-state index contributed by atoms with van der Waals surface area (Å²) in [6, 6.07) is 7.55. The SMILES string of the molecule is COc1ccc(-c2cc(C)nc(NCCN)n2)c(OC)c1. The van der Waals surface area contributed by atoms with Gasteiger partial charge in [0.1, 0.15) is 11.5 Å². The summed E-state index contributed by atoms with van der Waals surface area (Å²) in [7, 11) is 3.25. The zero-order valence-corrected chi connectivity index (χ0v) is 12.5. The van der Waals surface area contributed by atoms with Gasteiger partial charge in [-0.2, -0.15) is 0 Å². The molecule has 0 aliphatic heterocycles. The van der Waals surface area contributed by atoms with Gasteiger partial charge in [-0.05, 0) is 25.1 Å². The molecule has 0 atom stereocenters. The molecule has 3 N–H and O–H groups in total. The van der Waals surface area contributed by atoms with Gasteiger partial charge in [0.2, 0.25) is 5.95 Å². The van der Waals surface area contributed by atoms with Crippen LogP contribution in [0.25, 0.3) is 11.3 Å². The van der Waals surface area contributed by atoms with E-state index in [2.05, 4.69) is 15.3 Å². The van der Waals surface area contributed by atoms with E-state index in [0.717, 1.165) is 22.7 Å².